The summed E-state index contributed by atoms with van der Waals surface area (Å²) >= 11 is 0. The quantitative estimate of drug-likeness (QED) is 0.743. The maximum absolute atomic E-state index is 9.72. The molecular formula is C18H25N7O. The molecule has 26 heavy (non-hydrogen) atoms. The molecule has 1 saturated carbocycles. The number of anilines is 3. The number of aliphatic hydroxyl groups excluding tert-OH is 1. The van der Waals surface area contributed by atoms with Gasteiger partial charge in [-0.15, -0.1) is 0 Å². The van der Waals surface area contributed by atoms with Crippen LogP contribution in [0.2, 0.25) is 0 Å². The second kappa shape index (κ2) is 7.03. The van der Waals surface area contributed by atoms with E-state index in [1.54, 1.807) is 6.33 Å². The first-order valence-corrected chi connectivity index (χ1v) is 9.15. The molecule has 2 aromatic rings. The highest BCUT2D eigenvalue weighted by Crippen LogP contribution is 2.38. The van der Waals surface area contributed by atoms with Gasteiger partial charge in [-0.05, 0) is 26.2 Å². The average Bonchev–Trinajstić information content (AvgIpc) is 3.04. The lowest BCUT2D eigenvalue weighted by atomic mass is 9.78. The second-order valence-electron chi connectivity index (χ2n) is 7.17. The Hall–Kier alpha value is -2.48. The molecule has 8 nitrogen and oxygen atoms in total. The Kier molecular flexibility index (Phi) is 4.58. The van der Waals surface area contributed by atoms with Gasteiger partial charge in [0.2, 0.25) is 5.95 Å². The van der Waals surface area contributed by atoms with Crippen LogP contribution in [0.4, 0.5) is 17.6 Å². The van der Waals surface area contributed by atoms with Gasteiger partial charge >= 0.3 is 0 Å². The maximum atomic E-state index is 9.72. The lowest BCUT2D eigenvalue weighted by Gasteiger charge is -2.35. The maximum Gasteiger partial charge on any atom is 0.225 e. The van der Waals surface area contributed by atoms with E-state index in [9.17, 15) is 5.11 Å². The molecule has 1 aliphatic carbocycles. The smallest absolute Gasteiger partial charge is 0.225 e. The van der Waals surface area contributed by atoms with Crippen LogP contribution < -0.4 is 15.5 Å². The first kappa shape index (κ1) is 17.0. The van der Waals surface area contributed by atoms with E-state index in [2.05, 4.69) is 41.5 Å². The zero-order valence-electron chi connectivity index (χ0n) is 15.2. The van der Waals surface area contributed by atoms with E-state index >= 15 is 0 Å². The van der Waals surface area contributed by atoms with Gasteiger partial charge in [-0.2, -0.15) is 4.98 Å². The zero-order valence-corrected chi connectivity index (χ0v) is 15.2. The molecule has 0 radical (unpaired) electrons. The Labute approximate surface area is 153 Å². The van der Waals surface area contributed by atoms with Gasteiger partial charge in [-0.1, -0.05) is 0 Å². The summed E-state index contributed by atoms with van der Waals surface area (Å²) in [7, 11) is 1.86. The van der Waals surface area contributed by atoms with Crippen LogP contribution in [-0.4, -0.2) is 57.3 Å². The Morgan fingerprint density at radius 3 is 2.77 bits per heavy atom. The van der Waals surface area contributed by atoms with Crippen molar-refractivity contribution in [3.8, 4) is 0 Å². The van der Waals surface area contributed by atoms with Gasteiger partial charge in [0.25, 0.3) is 0 Å². The Balaban J connectivity index is 1.37. The fourth-order valence-electron chi connectivity index (χ4n) is 3.63. The highest BCUT2D eigenvalue weighted by molar-refractivity contribution is 5.44. The van der Waals surface area contributed by atoms with Crippen LogP contribution in [0.3, 0.4) is 0 Å². The predicted octanol–water partition coefficient (Wildman–Crippen LogP) is 1.55. The number of aliphatic hydroxyl groups is 1. The largest absolute Gasteiger partial charge is 0.391 e. The van der Waals surface area contributed by atoms with E-state index in [4.69, 9.17) is 0 Å². The number of hydrogen-bond acceptors (Lipinski definition) is 8. The van der Waals surface area contributed by atoms with Crippen LogP contribution in [-0.2, 0) is 0 Å². The van der Waals surface area contributed by atoms with Gasteiger partial charge in [0, 0.05) is 55.6 Å². The van der Waals surface area contributed by atoms with Crippen LogP contribution in [0, 0.1) is 6.92 Å². The molecule has 0 aromatic carbocycles. The molecule has 0 bridgehead atoms. The monoisotopic (exact) mass is 355 g/mol. The normalized spacial score (nSPS) is 25.0. The zero-order chi connectivity index (χ0) is 18.1. The Morgan fingerprint density at radius 2 is 2.04 bits per heavy atom. The summed E-state index contributed by atoms with van der Waals surface area (Å²) in [6.45, 7) is 3.48. The first-order valence-electron chi connectivity index (χ1n) is 9.15. The van der Waals surface area contributed by atoms with Crippen molar-refractivity contribution in [2.24, 2.45) is 0 Å². The van der Waals surface area contributed by atoms with E-state index in [0.29, 0.717) is 24.5 Å². The molecule has 2 aromatic heterocycles. The summed E-state index contributed by atoms with van der Waals surface area (Å²) in [5.41, 5.74) is 2.02. The number of β-amino-alcohol motifs (C(OH)–C–C–N with tert-alkyl or cyclic N) is 1. The number of nitrogens with one attached hydrogen (secondary N) is 2. The number of nitrogens with zero attached hydrogens (tertiary/aromatic N) is 5. The summed E-state index contributed by atoms with van der Waals surface area (Å²) in [5.74, 6) is 2.84. The lowest BCUT2D eigenvalue weighted by Crippen LogP contribution is -2.35. The van der Waals surface area contributed by atoms with E-state index in [0.717, 1.165) is 48.8 Å². The van der Waals surface area contributed by atoms with Crippen molar-refractivity contribution in [3.05, 3.63) is 29.8 Å². The summed E-state index contributed by atoms with van der Waals surface area (Å²) in [6, 6.07) is 4.35. The molecule has 0 amide bonds. The number of hydrogen-bond donors (Lipinski definition) is 3. The molecule has 4 rings (SSSR count). The molecule has 3 N–H and O–H groups in total. The third-order valence-corrected chi connectivity index (χ3v) is 5.16. The van der Waals surface area contributed by atoms with E-state index in [-0.39, 0.29) is 6.10 Å². The number of aryl methyl sites for hydroxylation is 1. The van der Waals surface area contributed by atoms with Gasteiger partial charge in [0.15, 0.2) is 0 Å². The molecule has 0 unspecified atom stereocenters. The van der Waals surface area contributed by atoms with Gasteiger partial charge in [-0.3, -0.25) is 0 Å². The summed E-state index contributed by atoms with van der Waals surface area (Å²) in [6.07, 6.45) is 4.21. The van der Waals surface area contributed by atoms with Crippen LogP contribution in [0.5, 0.6) is 0 Å². The molecule has 2 aliphatic rings. The highest BCUT2D eigenvalue weighted by atomic mass is 16.3. The SMILES string of the molecule is CNc1cc(C)nc(NC2CC(c3cc(N4CC[C@@H](O)C4)ncn3)C2)n1. The fourth-order valence-corrected chi connectivity index (χ4v) is 3.63. The Bertz CT molecular complexity index is 778. The molecule has 1 saturated heterocycles. The van der Waals surface area contributed by atoms with Crippen molar-refractivity contribution in [1.29, 1.82) is 0 Å². The molecule has 1 aliphatic heterocycles. The molecule has 138 valence electrons. The molecular weight excluding hydrogens is 330 g/mol. The van der Waals surface area contributed by atoms with Crippen molar-refractivity contribution in [2.45, 2.75) is 44.2 Å². The highest BCUT2D eigenvalue weighted by Gasteiger charge is 2.32. The number of rotatable bonds is 5. The van der Waals surface area contributed by atoms with Gasteiger partial charge in [0.05, 0.1) is 6.10 Å². The van der Waals surface area contributed by atoms with Crippen molar-refractivity contribution in [1.82, 2.24) is 19.9 Å². The number of aromatic nitrogens is 4. The Morgan fingerprint density at radius 1 is 1.19 bits per heavy atom. The third kappa shape index (κ3) is 3.55. The second-order valence-corrected chi connectivity index (χ2v) is 7.17. The van der Waals surface area contributed by atoms with Crippen LogP contribution >= 0.6 is 0 Å². The molecule has 0 spiro atoms. The lowest BCUT2D eigenvalue weighted by molar-refractivity contribution is 0.198. The topological polar surface area (TPSA) is 99.1 Å². The first-order chi connectivity index (χ1) is 12.6. The van der Waals surface area contributed by atoms with Gasteiger partial charge in [0.1, 0.15) is 18.0 Å². The van der Waals surface area contributed by atoms with Gasteiger partial charge in [-0.25, -0.2) is 15.0 Å². The van der Waals surface area contributed by atoms with Crippen molar-refractivity contribution < 1.29 is 5.11 Å². The summed E-state index contributed by atoms with van der Waals surface area (Å²) in [5, 5.41) is 16.2. The van der Waals surface area contributed by atoms with E-state index < -0.39 is 0 Å². The van der Waals surface area contributed by atoms with Gasteiger partial charge < -0.3 is 20.6 Å². The summed E-state index contributed by atoms with van der Waals surface area (Å²) < 4.78 is 0. The molecule has 3 heterocycles. The molecule has 1 atom stereocenters. The minimum atomic E-state index is -0.248. The van der Waals surface area contributed by atoms with Crippen LogP contribution in [0.25, 0.3) is 0 Å². The van der Waals surface area contributed by atoms with Crippen molar-refractivity contribution in [2.75, 3.05) is 35.7 Å². The van der Waals surface area contributed by atoms with Crippen LogP contribution in [0.1, 0.15) is 36.6 Å². The third-order valence-electron chi connectivity index (χ3n) is 5.16. The van der Waals surface area contributed by atoms with Crippen LogP contribution in [0.15, 0.2) is 18.5 Å². The molecule has 8 heteroatoms. The minimum absolute atomic E-state index is 0.248. The summed E-state index contributed by atoms with van der Waals surface area (Å²) in [4.78, 5) is 19.9. The van der Waals surface area contributed by atoms with Crippen molar-refractivity contribution in [3.63, 3.8) is 0 Å². The average molecular weight is 355 g/mol. The standard InChI is InChI=1S/C18H25N7O/c1-11-5-16(19-2)24-18(22-11)23-13-6-12(7-13)15-8-17(21-10-20-15)25-4-3-14(26)9-25/h5,8,10,12-14,26H,3-4,6-7,9H2,1-2H3,(H2,19,22,23,24)/t12?,13?,14-/m1/s1. The van der Waals surface area contributed by atoms with E-state index in [1.165, 1.54) is 0 Å². The minimum Gasteiger partial charge on any atom is -0.391 e. The van der Waals surface area contributed by atoms with E-state index in [1.807, 2.05) is 20.0 Å². The van der Waals surface area contributed by atoms with Crippen molar-refractivity contribution >= 4 is 17.6 Å². The fraction of sp³-hybridized carbons (Fsp3) is 0.556. The predicted molar refractivity (Wildman–Crippen MR) is 101 cm³/mol. The molecule has 2 fully saturated rings.